The van der Waals surface area contributed by atoms with E-state index in [4.69, 9.17) is 0 Å². The molecule has 1 heteroatoms. The van der Waals surface area contributed by atoms with Gasteiger partial charge in [-0.15, -0.1) is 11.3 Å². The highest BCUT2D eigenvalue weighted by Crippen LogP contribution is 2.37. The van der Waals surface area contributed by atoms with Gasteiger partial charge in [0.2, 0.25) is 0 Å². The Hall–Kier alpha value is -3.42. The van der Waals surface area contributed by atoms with Gasteiger partial charge in [0.25, 0.3) is 0 Å². The first kappa shape index (κ1) is 21.1. The molecular weight excluding hydrogens is 428 g/mol. The first-order valence-corrected chi connectivity index (χ1v) is 13.1. The molecule has 0 saturated carbocycles. The number of benzene rings is 5. The van der Waals surface area contributed by atoms with Crippen molar-refractivity contribution in [1.29, 1.82) is 0 Å². The van der Waals surface area contributed by atoms with Crippen molar-refractivity contribution in [2.75, 3.05) is 0 Å². The maximum Gasteiger partial charge on any atom is 0.0355 e. The van der Waals surface area contributed by atoms with Crippen molar-refractivity contribution in [3.05, 3.63) is 107 Å². The molecule has 6 rings (SSSR count). The summed E-state index contributed by atoms with van der Waals surface area (Å²) in [6.45, 7) is 2.26. The molecule has 0 unspecified atom stereocenters. The van der Waals surface area contributed by atoms with Gasteiger partial charge in [0.15, 0.2) is 0 Å². The van der Waals surface area contributed by atoms with Gasteiger partial charge in [-0.05, 0) is 86.6 Å². The van der Waals surface area contributed by atoms with Gasteiger partial charge in [0, 0.05) is 15.0 Å². The second-order valence-corrected chi connectivity index (χ2v) is 10.4. The van der Waals surface area contributed by atoms with E-state index in [-0.39, 0.29) is 0 Å². The Morgan fingerprint density at radius 1 is 0.618 bits per heavy atom. The average Bonchev–Trinajstić information content (AvgIpc) is 3.30. The van der Waals surface area contributed by atoms with Crippen LogP contribution in [0.5, 0.6) is 0 Å². The Labute approximate surface area is 205 Å². The fourth-order valence-corrected chi connectivity index (χ4v) is 6.04. The van der Waals surface area contributed by atoms with Crippen LogP contribution in [0, 0.1) is 0 Å². The van der Waals surface area contributed by atoms with E-state index >= 15 is 0 Å². The van der Waals surface area contributed by atoms with Crippen LogP contribution in [0.4, 0.5) is 0 Å². The normalized spacial score (nSPS) is 12.0. The third-order valence-electron chi connectivity index (χ3n) is 6.86. The smallest absolute Gasteiger partial charge is 0.0355 e. The number of unbranched alkanes of at least 4 members (excludes halogenated alkanes) is 2. The van der Waals surface area contributed by atoms with E-state index in [0.29, 0.717) is 0 Å². The summed E-state index contributed by atoms with van der Waals surface area (Å²) in [6, 6.07) is 33.8. The van der Waals surface area contributed by atoms with Crippen molar-refractivity contribution in [3.8, 4) is 0 Å². The number of hydrogen-bond donors (Lipinski definition) is 0. The number of fused-ring (bicyclic) bond motifs is 6. The van der Waals surface area contributed by atoms with Crippen LogP contribution in [0.15, 0.2) is 91.0 Å². The predicted molar refractivity (Wildman–Crippen MR) is 153 cm³/mol. The van der Waals surface area contributed by atoms with Gasteiger partial charge in [0.05, 0.1) is 0 Å². The predicted octanol–water partition coefficient (Wildman–Crippen LogP) is 10.3. The molecule has 0 saturated heterocycles. The highest BCUT2D eigenvalue weighted by molar-refractivity contribution is 7.20. The second kappa shape index (κ2) is 9.08. The Morgan fingerprint density at radius 2 is 1.44 bits per heavy atom. The first-order chi connectivity index (χ1) is 16.8. The summed E-state index contributed by atoms with van der Waals surface area (Å²) in [5.74, 6) is 0. The van der Waals surface area contributed by atoms with Crippen molar-refractivity contribution in [2.45, 2.75) is 32.6 Å². The molecule has 34 heavy (non-hydrogen) atoms. The number of rotatable bonds is 6. The molecule has 0 amide bonds. The largest absolute Gasteiger partial charge is 0.136 e. The maximum absolute atomic E-state index is 2.36. The lowest BCUT2D eigenvalue weighted by molar-refractivity contribution is 0.717. The second-order valence-electron chi connectivity index (χ2n) is 9.24. The van der Waals surface area contributed by atoms with Gasteiger partial charge in [-0.25, -0.2) is 0 Å². The summed E-state index contributed by atoms with van der Waals surface area (Å²) in [5, 5.41) is 9.27. The molecule has 0 nitrogen and oxygen atoms in total. The maximum atomic E-state index is 2.36. The minimum absolute atomic E-state index is 1.17. The lowest BCUT2D eigenvalue weighted by Gasteiger charge is -2.07. The van der Waals surface area contributed by atoms with Gasteiger partial charge in [-0.2, -0.15) is 0 Å². The Balaban J connectivity index is 1.37. The standard InChI is InChI=1S/C33H28S/c1-2-3-4-8-23-9-7-10-24(19-23)13-15-28-22-32-30-16-14-27-20-25-11-5-6-12-26(25)21-31(27)29(30)17-18-33(32)34-28/h5-7,9-22H,2-4,8H2,1H3/b15-13+. The van der Waals surface area contributed by atoms with E-state index in [1.165, 1.54) is 84.1 Å². The summed E-state index contributed by atoms with van der Waals surface area (Å²) in [5.41, 5.74) is 2.73. The molecule has 0 aliphatic carbocycles. The van der Waals surface area contributed by atoms with Crippen LogP contribution < -0.4 is 0 Å². The quantitative estimate of drug-likeness (QED) is 0.133. The molecule has 0 fully saturated rings. The lowest BCUT2D eigenvalue weighted by atomic mass is 9.97. The molecule has 5 aromatic carbocycles. The van der Waals surface area contributed by atoms with Gasteiger partial charge < -0.3 is 0 Å². The lowest BCUT2D eigenvalue weighted by Crippen LogP contribution is -1.85. The van der Waals surface area contributed by atoms with Crippen LogP contribution in [-0.2, 0) is 6.42 Å². The zero-order chi connectivity index (χ0) is 22.9. The van der Waals surface area contributed by atoms with E-state index in [1.54, 1.807) is 0 Å². The van der Waals surface area contributed by atoms with Crippen molar-refractivity contribution in [2.24, 2.45) is 0 Å². The van der Waals surface area contributed by atoms with Crippen LogP contribution >= 0.6 is 11.3 Å². The highest BCUT2D eigenvalue weighted by Gasteiger charge is 2.08. The van der Waals surface area contributed by atoms with Crippen molar-refractivity contribution < 1.29 is 0 Å². The molecule has 0 aliphatic rings. The third-order valence-corrected chi connectivity index (χ3v) is 7.92. The molecule has 0 bridgehead atoms. The van der Waals surface area contributed by atoms with Crippen LogP contribution in [-0.4, -0.2) is 0 Å². The molecule has 0 N–H and O–H groups in total. The fraction of sp³-hybridized carbons (Fsp3) is 0.152. The van der Waals surface area contributed by atoms with Crippen LogP contribution in [0.1, 0.15) is 42.2 Å². The van der Waals surface area contributed by atoms with Crippen LogP contribution in [0.25, 0.3) is 54.6 Å². The molecule has 0 aliphatic heterocycles. The summed E-state index contributed by atoms with van der Waals surface area (Å²) in [4.78, 5) is 1.30. The molecule has 0 radical (unpaired) electrons. The molecule has 0 atom stereocenters. The van der Waals surface area contributed by atoms with E-state index in [0.717, 1.165) is 0 Å². The van der Waals surface area contributed by atoms with Crippen molar-refractivity contribution >= 4 is 65.9 Å². The Kier molecular flexibility index (Phi) is 5.65. The van der Waals surface area contributed by atoms with E-state index in [9.17, 15) is 0 Å². The summed E-state index contributed by atoms with van der Waals surface area (Å²) >= 11 is 1.87. The van der Waals surface area contributed by atoms with E-state index in [2.05, 4.69) is 110 Å². The number of hydrogen-bond acceptors (Lipinski definition) is 1. The summed E-state index contributed by atoms with van der Waals surface area (Å²) in [7, 11) is 0. The van der Waals surface area contributed by atoms with Crippen molar-refractivity contribution in [3.63, 3.8) is 0 Å². The molecule has 0 spiro atoms. The summed E-state index contributed by atoms with van der Waals surface area (Å²) in [6.07, 6.45) is 9.56. The average molecular weight is 457 g/mol. The van der Waals surface area contributed by atoms with Crippen molar-refractivity contribution in [1.82, 2.24) is 0 Å². The number of aryl methyl sites for hydroxylation is 1. The Bertz CT molecular complexity index is 1670. The van der Waals surface area contributed by atoms with Gasteiger partial charge >= 0.3 is 0 Å². The first-order valence-electron chi connectivity index (χ1n) is 12.3. The molecule has 1 aromatic heterocycles. The highest BCUT2D eigenvalue weighted by atomic mass is 32.1. The molecule has 166 valence electrons. The SMILES string of the molecule is CCCCCc1cccc(/C=C/c2cc3c(ccc4c5cc6ccccc6cc5ccc34)s2)c1. The van der Waals surface area contributed by atoms with E-state index < -0.39 is 0 Å². The van der Waals surface area contributed by atoms with Gasteiger partial charge in [-0.3, -0.25) is 0 Å². The minimum Gasteiger partial charge on any atom is -0.136 e. The molecular formula is C33H28S. The van der Waals surface area contributed by atoms with E-state index in [1.807, 2.05) is 11.3 Å². The monoisotopic (exact) mass is 456 g/mol. The molecule has 6 aromatic rings. The zero-order valence-electron chi connectivity index (χ0n) is 19.6. The molecule has 1 heterocycles. The van der Waals surface area contributed by atoms with Gasteiger partial charge in [0.1, 0.15) is 0 Å². The van der Waals surface area contributed by atoms with Crippen LogP contribution in [0.2, 0.25) is 0 Å². The topological polar surface area (TPSA) is 0 Å². The van der Waals surface area contributed by atoms with Crippen LogP contribution in [0.3, 0.4) is 0 Å². The van der Waals surface area contributed by atoms with Gasteiger partial charge in [-0.1, -0.05) is 92.6 Å². The zero-order valence-corrected chi connectivity index (χ0v) is 20.4. The minimum atomic E-state index is 1.17. The third kappa shape index (κ3) is 4.02. The summed E-state index contributed by atoms with van der Waals surface area (Å²) < 4.78 is 1.35. The fourth-order valence-electron chi connectivity index (χ4n) is 5.06. The number of thiophene rings is 1. The Morgan fingerprint density at radius 3 is 2.32 bits per heavy atom.